The average molecular weight is 305 g/mol. The maximum atomic E-state index is 13.8. The Labute approximate surface area is 128 Å². The van der Waals surface area contributed by atoms with Crippen LogP contribution in [-0.4, -0.2) is 11.1 Å². The fourth-order valence-electron chi connectivity index (χ4n) is 2.63. The van der Waals surface area contributed by atoms with Crippen molar-refractivity contribution in [3.63, 3.8) is 0 Å². The summed E-state index contributed by atoms with van der Waals surface area (Å²) in [5, 5.41) is 12.1. The second-order valence-corrected chi connectivity index (χ2v) is 6.81. The van der Waals surface area contributed by atoms with Gasteiger partial charge in [-0.05, 0) is 55.8 Å². The van der Waals surface area contributed by atoms with Gasteiger partial charge in [-0.1, -0.05) is 6.07 Å². The minimum atomic E-state index is -0.667. The third-order valence-electron chi connectivity index (χ3n) is 3.96. The zero-order chi connectivity index (χ0) is 15.0. The number of hydrogen-bond donors (Lipinski definition) is 1. The molecule has 1 saturated carbocycles. The number of aliphatic hydroxyl groups excluding tert-OH is 1. The van der Waals surface area contributed by atoms with E-state index in [4.69, 9.17) is 0 Å². The molecule has 0 saturated heterocycles. The Morgan fingerprint density at radius 2 is 2.19 bits per heavy atom. The first kappa shape index (κ1) is 14.5. The second kappa shape index (κ2) is 5.78. The Kier molecular flexibility index (Phi) is 4.00. The zero-order valence-corrected chi connectivity index (χ0v) is 13.2. The summed E-state index contributed by atoms with van der Waals surface area (Å²) in [4.78, 5) is 3.61. The Bertz CT molecular complexity index is 620. The lowest BCUT2D eigenvalue weighted by Gasteiger charge is -2.28. The van der Waals surface area contributed by atoms with E-state index in [1.165, 1.54) is 23.8 Å². The maximum absolute atomic E-state index is 13.8. The van der Waals surface area contributed by atoms with Crippen LogP contribution in [0.25, 0.3) is 0 Å². The first-order valence-corrected chi connectivity index (χ1v) is 8.21. The van der Waals surface area contributed by atoms with Gasteiger partial charge in [-0.2, -0.15) is 0 Å². The summed E-state index contributed by atoms with van der Waals surface area (Å²) in [6.07, 6.45) is 1.67. The van der Waals surface area contributed by atoms with E-state index in [0.29, 0.717) is 17.2 Å². The highest BCUT2D eigenvalue weighted by molar-refractivity contribution is 7.09. The standard InChI is InChI=1S/C17H20FNOS/c1-11-8-17(15(12(2)20)9-16(11)18)19(13-5-6-13)10-14-4-3-7-21-14/h3-4,7-9,12-13,20H,5-6,10H2,1-2H3/t12-/m1/s1. The average Bonchev–Trinajstić information content (AvgIpc) is 3.15. The molecule has 1 atom stereocenters. The van der Waals surface area contributed by atoms with Gasteiger partial charge in [0.2, 0.25) is 0 Å². The Morgan fingerprint density at radius 3 is 2.76 bits per heavy atom. The SMILES string of the molecule is Cc1cc(N(Cc2cccs2)C2CC2)c([C@@H](C)O)cc1F. The van der Waals surface area contributed by atoms with Crippen LogP contribution in [0.3, 0.4) is 0 Å². The molecule has 0 unspecified atom stereocenters. The molecule has 2 nitrogen and oxygen atoms in total. The molecule has 0 aliphatic heterocycles. The van der Waals surface area contributed by atoms with Gasteiger partial charge in [0.15, 0.2) is 0 Å². The number of aryl methyl sites for hydroxylation is 1. The number of halogens is 1. The molecule has 0 radical (unpaired) electrons. The van der Waals surface area contributed by atoms with E-state index in [1.807, 2.05) is 6.07 Å². The molecule has 0 amide bonds. The predicted molar refractivity (Wildman–Crippen MR) is 85.3 cm³/mol. The van der Waals surface area contributed by atoms with Gasteiger partial charge in [0, 0.05) is 22.2 Å². The van der Waals surface area contributed by atoms with Crippen LogP contribution in [0.5, 0.6) is 0 Å². The summed E-state index contributed by atoms with van der Waals surface area (Å²) >= 11 is 1.73. The van der Waals surface area contributed by atoms with Gasteiger partial charge in [-0.3, -0.25) is 0 Å². The van der Waals surface area contributed by atoms with E-state index >= 15 is 0 Å². The van der Waals surface area contributed by atoms with Crippen molar-refractivity contribution in [1.29, 1.82) is 0 Å². The van der Waals surface area contributed by atoms with Crippen LogP contribution in [0.15, 0.2) is 29.6 Å². The van der Waals surface area contributed by atoms with Gasteiger partial charge in [0.05, 0.1) is 12.6 Å². The van der Waals surface area contributed by atoms with Crippen LogP contribution in [0.2, 0.25) is 0 Å². The Morgan fingerprint density at radius 1 is 1.43 bits per heavy atom. The molecule has 3 rings (SSSR count). The summed E-state index contributed by atoms with van der Waals surface area (Å²) in [5.74, 6) is -0.249. The molecule has 1 fully saturated rings. The summed E-state index contributed by atoms with van der Waals surface area (Å²) in [6.45, 7) is 4.30. The summed E-state index contributed by atoms with van der Waals surface area (Å²) in [5.41, 5.74) is 2.28. The van der Waals surface area contributed by atoms with E-state index in [9.17, 15) is 9.50 Å². The molecule has 1 N–H and O–H groups in total. The van der Waals surface area contributed by atoms with E-state index < -0.39 is 6.10 Å². The van der Waals surface area contributed by atoms with Crippen molar-refractivity contribution in [1.82, 2.24) is 0 Å². The molecule has 0 spiro atoms. The number of benzene rings is 1. The monoisotopic (exact) mass is 305 g/mol. The van der Waals surface area contributed by atoms with Crippen molar-refractivity contribution in [2.75, 3.05) is 4.90 Å². The number of nitrogens with zero attached hydrogens (tertiary/aromatic N) is 1. The minimum Gasteiger partial charge on any atom is -0.389 e. The van der Waals surface area contributed by atoms with Crippen LogP contribution in [0.4, 0.5) is 10.1 Å². The molecule has 1 aliphatic carbocycles. The number of hydrogen-bond acceptors (Lipinski definition) is 3. The minimum absolute atomic E-state index is 0.249. The van der Waals surface area contributed by atoms with Crippen molar-refractivity contribution >= 4 is 17.0 Å². The number of thiophene rings is 1. The van der Waals surface area contributed by atoms with Crippen molar-refractivity contribution in [2.45, 2.75) is 45.4 Å². The fourth-order valence-corrected chi connectivity index (χ4v) is 3.34. The Balaban J connectivity index is 2.00. The van der Waals surface area contributed by atoms with Gasteiger partial charge < -0.3 is 10.0 Å². The van der Waals surface area contributed by atoms with Crippen molar-refractivity contribution in [3.8, 4) is 0 Å². The second-order valence-electron chi connectivity index (χ2n) is 5.77. The molecular weight excluding hydrogens is 285 g/mol. The normalized spacial score (nSPS) is 16.0. The highest BCUT2D eigenvalue weighted by atomic mass is 32.1. The predicted octanol–water partition coefficient (Wildman–Crippen LogP) is 4.42. The molecule has 4 heteroatoms. The molecule has 112 valence electrons. The number of anilines is 1. The quantitative estimate of drug-likeness (QED) is 0.884. The van der Waals surface area contributed by atoms with Crippen molar-refractivity contribution in [2.24, 2.45) is 0 Å². The van der Waals surface area contributed by atoms with E-state index in [0.717, 1.165) is 12.2 Å². The zero-order valence-electron chi connectivity index (χ0n) is 12.3. The molecule has 1 aromatic carbocycles. The topological polar surface area (TPSA) is 23.5 Å². The number of aliphatic hydroxyl groups is 1. The van der Waals surface area contributed by atoms with Gasteiger partial charge >= 0.3 is 0 Å². The molecular formula is C17H20FNOS. The highest BCUT2D eigenvalue weighted by Crippen LogP contribution is 2.38. The van der Waals surface area contributed by atoms with Crippen LogP contribution in [-0.2, 0) is 6.54 Å². The third kappa shape index (κ3) is 3.11. The van der Waals surface area contributed by atoms with Crippen LogP contribution >= 0.6 is 11.3 Å². The van der Waals surface area contributed by atoms with Gasteiger partial charge in [-0.15, -0.1) is 11.3 Å². The maximum Gasteiger partial charge on any atom is 0.126 e. The Hall–Kier alpha value is -1.39. The lowest BCUT2D eigenvalue weighted by atomic mass is 10.0. The first-order chi connectivity index (χ1) is 10.1. The smallest absolute Gasteiger partial charge is 0.126 e. The van der Waals surface area contributed by atoms with E-state index in [-0.39, 0.29) is 5.82 Å². The van der Waals surface area contributed by atoms with E-state index in [1.54, 1.807) is 25.2 Å². The molecule has 21 heavy (non-hydrogen) atoms. The molecule has 1 aliphatic rings. The molecule has 1 heterocycles. The van der Waals surface area contributed by atoms with Crippen LogP contribution in [0, 0.1) is 12.7 Å². The fraction of sp³-hybridized carbons (Fsp3) is 0.412. The van der Waals surface area contributed by atoms with Gasteiger partial charge in [-0.25, -0.2) is 4.39 Å². The summed E-state index contributed by atoms with van der Waals surface area (Å²) < 4.78 is 13.8. The third-order valence-corrected chi connectivity index (χ3v) is 4.82. The summed E-state index contributed by atoms with van der Waals surface area (Å²) in [6, 6.07) is 8.05. The molecule has 0 bridgehead atoms. The van der Waals surface area contributed by atoms with E-state index in [2.05, 4.69) is 22.4 Å². The molecule has 2 aromatic rings. The highest BCUT2D eigenvalue weighted by Gasteiger charge is 2.31. The largest absolute Gasteiger partial charge is 0.389 e. The first-order valence-electron chi connectivity index (χ1n) is 7.33. The summed E-state index contributed by atoms with van der Waals surface area (Å²) in [7, 11) is 0. The lowest BCUT2D eigenvalue weighted by Crippen LogP contribution is -2.26. The van der Waals surface area contributed by atoms with Crippen LogP contribution in [0.1, 0.15) is 41.9 Å². The number of rotatable bonds is 5. The van der Waals surface area contributed by atoms with Gasteiger partial charge in [0.25, 0.3) is 0 Å². The van der Waals surface area contributed by atoms with Gasteiger partial charge in [0.1, 0.15) is 5.82 Å². The van der Waals surface area contributed by atoms with Crippen molar-refractivity contribution < 1.29 is 9.50 Å². The molecule has 1 aromatic heterocycles. The van der Waals surface area contributed by atoms with Crippen LogP contribution < -0.4 is 4.90 Å². The lowest BCUT2D eigenvalue weighted by molar-refractivity contribution is 0.199. The van der Waals surface area contributed by atoms with Crippen molar-refractivity contribution in [3.05, 3.63) is 51.5 Å².